The van der Waals surface area contributed by atoms with Crippen molar-refractivity contribution in [2.24, 2.45) is 5.92 Å². The Labute approximate surface area is 158 Å². The highest BCUT2D eigenvalue weighted by atomic mass is 79.9. The van der Waals surface area contributed by atoms with Gasteiger partial charge in [-0.25, -0.2) is 0 Å². The summed E-state index contributed by atoms with van der Waals surface area (Å²) in [7, 11) is 0. The lowest BCUT2D eigenvalue weighted by Gasteiger charge is -2.38. The number of benzene rings is 2. The van der Waals surface area contributed by atoms with E-state index in [1.165, 1.54) is 58.4 Å². The van der Waals surface area contributed by atoms with Gasteiger partial charge in [0.1, 0.15) is 0 Å². The molecule has 2 aromatic carbocycles. The molecule has 0 amide bonds. The summed E-state index contributed by atoms with van der Waals surface area (Å²) < 4.78 is 1.19. The molecule has 126 valence electrons. The van der Waals surface area contributed by atoms with Gasteiger partial charge in [0.2, 0.25) is 0 Å². The minimum Gasteiger partial charge on any atom is -0.292 e. The zero-order valence-corrected chi connectivity index (χ0v) is 16.6. The third-order valence-electron chi connectivity index (χ3n) is 5.59. The summed E-state index contributed by atoms with van der Waals surface area (Å²) in [6.45, 7) is 4.77. The normalized spacial score (nSPS) is 21.8. The Balaban J connectivity index is 1.77. The van der Waals surface area contributed by atoms with Crippen LogP contribution in [0.25, 0.3) is 0 Å². The lowest BCUT2D eigenvalue weighted by atomic mass is 9.89. The zero-order chi connectivity index (χ0) is 16.5. The number of likely N-dealkylation sites (tertiary alicyclic amines) is 1. The van der Waals surface area contributed by atoms with Gasteiger partial charge in [0, 0.05) is 15.1 Å². The van der Waals surface area contributed by atoms with E-state index in [1.807, 2.05) is 11.8 Å². The molecule has 0 saturated carbocycles. The van der Waals surface area contributed by atoms with Crippen LogP contribution in [0.1, 0.15) is 48.9 Å². The molecule has 2 aliphatic rings. The number of hydrogen-bond donors (Lipinski definition) is 0. The van der Waals surface area contributed by atoms with Crippen LogP contribution in [0.4, 0.5) is 0 Å². The Kier molecular flexibility index (Phi) is 5.03. The first kappa shape index (κ1) is 16.7. The van der Waals surface area contributed by atoms with Crippen molar-refractivity contribution < 1.29 is 0 Å². The maximum Gasteiger partial charge on any atom is 0.0616 e. The summed E-state index contributed by atoms with van der Waals surface area (Å²) in [5.41, 5.74) is 4.49. The molecular formula is C21H24BrNS. The van der Waals surface area contributed by atoms with Crippen LogP contribution in [0.3, 0.4) is 0 Å². The summed E-state index contributed by atoms with van der Waals surface area (Å²) in [6, 6.07) is 16.3. The highest BCUT2D eigenvalue weighted by Gasteiger charge is 2.31. The van der Waals surface area contributed by atoms with Gasteiger partial charge in [0.25, 0.3) is 0 Å². The SMILES string of the molecule is CCC1CCN(C2c3ccccc3CSc3ccc(Br)cc32)CC1. The van der Waals surface area contributed by atoms with Crippen LogP contribution in [0.15, 0.2) is 51.8 Å². The van der Waals surface area contributed by atoms with Crippen LogP contribution < -0.4 is 0 Å². The summed E-state index contributed by atoms with van der Waals surface area (Å²) in [5.74, 6) is 1.99. The Morgan fingerprint density at radius 1 is 1.08 bits per heavy atom. The number of nitrogens with zero attached hydrogens (tertiary/aromatic N) is 1. The van der Waals surface area contributed by atoms with Gasteiger partial charge in [-0.2, -0.15) is 0 Å². The van der Waals surface area contributed by atoms with E-state index in [0.29, 0.717) is 6.04 Å². The fraction of sp³-hybridized carbons (Fsp3) is 0.429. The average molecular weight is 402 g/mol. The van der Waals surface area contributed by atoms with Gasteiger partial charge < -0.3 is 0 Å². The van der Waals surface area contributed by atoms with E-state index in [2.05, 4.69) is 70.2 Å². The highest BCUT2D eigenvalue weighted by molar-refractivity contribution is 9.10. The van der Waals surface area contributed by atoms with Gasteiger partial charge in [-0.3, -0.25) is 4.90 Å². The molecule has 0 radical (unpaired) electrons. The van der Waals surface area contributed by atoms with Crippen molar-refractivity contribution in [3.05, 3.63) is 63.6 Å². The molecule has 1 unspecified atom stereocenters. The molecule has 2 aliphatic heterocycles. The van der Waals surface area contributed by atoms with Gasteiger partial charge >= 0.3 is 0 Å². The van der Waals surface area contributed by atoms with Crippen molar-refractivity contribution in [3.8, 4) is 0 Å². The van der Waals surface area contributed by atoms with Crippen molar-refractivity contribution in [2.75, 3.05) is 13.1 Å². The number of fused-ring (bicyclic) bond motifs is 2. The van der Waals surface area contributed by atoms with Crippen LogP contribution in [-0.2, 0) is 5.75 Å². The molecule has 1 fully saturated rings. The predicted octanol–water partition coefficient (Wildman–Crippen LogP) is 6.27. The second-order valence-corrected chi connectivity index (χ2v) is 8.89. The number of hydrogen-bond acceptors (Lipinski definition) is 2. The van der Waals surface area contributed by atoms with E-state index < -0.39 is 0 Å². The summed E-state index contributed by atoms with van der Waals surface area (Å²) in [5, 5.41) is 0. The monoisotopic (exact) mass is 401 g/mol. The number of rotatable bonds is 2. The van der Waals surface area contributed by atoms with Crippen molar-refractivity contribution >= 4 is 27.7 Å². The van der Waals surface area contributed by atoms with E-state index in [1.54, 1.807) is 0 Å². The fourth-order valence-electron chi connectivity index (χ4n) is 4.13. The third kappa shape index (κ3) is 3.18. The molecule has 0 N–H and O–H groups in total. The first-order chi connectivity index (χ1) is 11.8. The Bertz CT molecular complexity index is 722. The smallest absolute Gasteiger partial charge is 0.0616 e. The lowest BCUT2D eigenvalue weighted by Crippen LogP contribution is -2.37. The first-order valence-electron chi connectivity index (χ1n) is 9.00. The minimum absolute atomic E-state index is 0.404. The Hall–Kier alpha value is -0.770. The lowest BCUT2D eigenvalue weighted by molar-refractivity contribution is 0.148. The number of piperidine rings is 1. The maximum atomic E-state index is 3.70. The Morgan fingerprint density at radius 2 is 1.88 bits per heavy atom. The molecule has 3 heteroatoms. The largest absolute Gasteiger partial charge is 0.292 e. The molecule has 1 nitrogen and oxygen atoms in total. The van der Waals surface area contributed by atoms with Gasteiger partial charge in [0.05, 0.1) is 6.04 Å². The van der Waals surface area contributed by atoms with Crippen LogP contribution >= 0.6 is 27.7 Å². The highest BCUT2D eigenvalue weighted by Crippen LogP contribution is 2.44. The zero-order valence-electron chi connectivity index (χ0n) is 14.2. The summed E-state index contributed by atoms with van der Waals surface area (Å²) in [4.78, 5) is 4.17. The average Bonchev–Trinajstić information content (AvgIpc) is 2.78. The standard InChI is InChI=1S/C21H24BrNS/c1-2-15-9-11-23(12-10-15)21-18-6-4-3-5-16(18)14-24-20-8-7-17(22)13-19(20)21/h3-8,13,15,21H,2,9-12,14H2,1H3. The second kappa shape index (κ2) is 7.23. The molecule has 0 aliphatic carbocycles. The van der Waals surface area contributed by atoms with Gasteiger partial charge in [0.15, 0.2) is 0 Å². The van der Waals surface area contributed by atoms with Gasteiger partial charge in [-0.1, -0.05) is 53.5 Å². The van der Waals surface area contributed by atoms with Crippen LogP contribution in [0.5, 0.6) is 0 Å². The molecule has 2 aromatic rings. The molecule has 4 rings (SSSR count). The van der Waals surface area contributed by atoms with Crippen LogP contribution in [-0.4, -0.2) is 18.0 Å². The number of thioether (sulfide) groups is 1. The van der Waals surface area contributed by atoms with E-state index in [0.717, 1.165) is 11.7 Å². The quantitative estimate of drug-likeness (QED) is 0.583. The fourth-order valence-corrected chi connectivity index (χ4v) is 5.59. The number of halogens is 1. The van der Waals surface area contributed by atoms with Gasteiger partial charge in [-0.05, 0) is 66.7 Å². The molecule has 2 heterocycles. The maximum absolute atomic E-state index is 3.70. The molecule has 24 heavy (non-hydrogen) atoms. The molecule has 0 bridgehead atoms. The molecule has 1 atom stereocenters. The molecule has 1 saturated heterocycles. The molecule has 0 aromatic heterocycles. The van der Waals surface area contributed by atoms with Crippen molar-refractivity contribution in [3.63, 3.8) is 0 Å². The van der Waals surface area contributed by atoms with Gasteiger partial charge in [-0.15, -0.1) is 11.8 Å². The first-order valence-corrected chi connectivity index (χ1v) is 10.8. The van der Waals surface area contributed by atoms with Crippen molar-refractivity contribution in [1.82, 2.24) is 4.90 Å². The topological polar surface area (TPSA) is 3.24 Å². The van der Waals surface area contributed by atoms with Crippen LogP contribution in [0, 0.1) is 5.92 Å². The summed E-state index contributed by atoms with van der Waals surface area (Å²) in [6.07, 6.45) is 4.00. The van der Waals surface area contributed by atoms with Crippen molar-refractivity contribution in [2.45, 2.75) is 42.9 Å². The Morgan fingerprint density at radius 3 is 2.67 bits per heavy atom. The van der Waals surface area contributed by atoms with E-state index in [9.17, 15) is 0 Å². The third-order valence-corrected chi connectivity index (χ3v) is 7.22. The molecule has 0 spiro atoms. The second-order valence-electron chi connectivity index (χ2n) is 6.96. The van der Waals surface area contributed by atoms with Crippen molar-refractivity contribution in [1.29, 1.82) is 0 Å². The summed E-state index contributed by atoms with van der Waals surface area (Å²) >= 11 is 5.69. The van der Waals surface area contributed by atoms with E-state index in [-0.39, 0.29) is 0 Å². The minimum atomic E-state index is 0.404. The van der Waals surface area contributed by atoms with E-state index >= 15 is 0 Å². The van der Waals surface area contributed by atoms with Crippen LogP contribution in [0.2, 0.25) is 0 Å². The predicted molar refractivity (Wildman–Crippen MR) is 107 cm³/mol. The van der Waals surface area contributed by atoms with E-state index in [4.69, 9.17) is 0 Å². The molecular weight excluding hydrogens is 378 g/mol.